The first-order valence-corrected chi connectivity index (χ1v) is 16.5. The standard InChI is InChI=1S/C33H49N3O2S/c1-2-3-4-5-6-7-8-9-13-17-31(37)34-21-14-22-35(26-25-34)32(38)19-24-36-23-18-30-29(20-27-39-30)33(36)28-15-11-10-12-16-28/h10-12,15-16,20,27,33H,2-9,13-14,17-19,21-26H2,1H3. The zero-order chi connectivity index (χ0) is 27.3. The maximum atomic E-state index is 13.3. The van der Waals surface area contributed by atoms with Gasteiger partial charge in [0.2, 0.25) is 11.8 Å². The number of benzene rings is 1. The van der Waals surface area contributed by atoms with Crippen molar-refractivity contribution < 1.29 is 9.59 Å². The normalized spacial score (nSPS) is 18.1. The molecule has 5 nitrogen and oxygen atoms in total. The van der Waals surface area contributed by atoms with Crippen LogP contribution in [0.25, 0.3) is 0 Å². The van der Waals surface area contributed by atoms with Gasteiger partial charge in [-0.15, -0.1) is 11.3 Å². The molecule has 1 fully saturated rings. The number of carbonyl (C=O) groups is 2. The van der Waals surface area contributed by atoms with Crippen LogP contribution in [0.15, 0.2) is 41.8 Å². The second kappa shape index (κ2) is 16.2. The van der Waals surface area contributed by atoms with Crippen molar-refractivity contribution >= 4 is 23.2 Å². The predicted molar refractivity (Wildman–Crippen MR) is 162 cm³/mol. The molecule has 0 N–H and O–H groups in total. The number of hydrogen-bond donors (Lipinski definition) is 0. The highest BCUT2D eigenvalue weighted by Gasteiger charge is 2.30. The molecule has 1 atom stereocenters. The average Bonchev–Trinajstić information content (AvgIpc) is 3.30. The van der Waals surface area contributed by atoms with Gasteiger partial charge in [-0.3, -0.25) is 14.5 Å². The predicted octanol–water partition coefficient (Wildman–Crippen LogP) is 7.07. The van der Waals surface area contributed by atoms with Crippen molar-refractivity contribution in [2.45, 2.75) is 96.4 Å². The Hall–Kier alpha value is -2.18. The van der Waals surface area contributed by atoms with E-state index in [-0.39, 0.29) is 17.9 Å². The summed E-state index contributed by atoms with van der Waals surface area (Å²) in [6, 6.07) is 13.2. The lowest BCUT2D eigenvalue weighted by molar-refractivity contribution is -0.133. The highest BCUT2D eigenvalue weighted by Crippen LogP contribution is 2.37. The van der Waals surface area contributed by atoms with Gasteiger partial charge in [0.25, 0.3) is 0 Å². The highest BCUT2D eigenvalue weighted by atomic mass is 32.1. The Bertz CT molecular complexity index is 1010. The summed E-state index contributed by atoms with van der Waals surface area (Å²) >= 11 is 1.85. The van der Waals surface area contributed by atoms with Crippen molar-refractivity contribution in [1.82, 2.24) is 14.7 Å². The third kappa shape index (κ3) is 8.91. The molecule has 2 aliphatic rings. The molecule has 1 unspecified atom stereocenters. The van der Waals surface area contributed by atoms with Crippen molar-refractivity contribution in [2.75, 3.05) is 39.3 Å². The topological polar surface area (TPSA) is 43.9 Å². The van der Waals surface area contributed by atoms with Gasteiger partial charge in [-0.1, -0.05) is 88.6 Å². The molecule has 39 heavy (non-hydrogen) atoms. The summed E-state index contributed by atoms with van der Waals surface area (Å²) in [5.41, 5.74) is 2.71. The fraction of sp³-hybridized carbons (Fsp3) is 0.636. The minimum absolute atomic E-state index is 0.228. The number of rotatable bonds is 14. The Balaban J connectivity index is 1.18. The van der Waals surface area contributed by atoms with Crippen LogP contribution in [0.4, 0.5) is 0 Å². The smallest absolute Gasteiger partial charge is 0.223 e. The van der Waals surface area contributed by atoms with E-state index < -0.39 is 0 Å². The Morgan fingerprint density at radius 3 is 2.10 bits per heavy atom. The average molecular weight is 552 g/mol. The van der Waals surface area contributed by atoms with Crippen molar-refractivity contribution in [3.63, 3.8) is 0 Å². The molecule has 0 spiro atoms. The summed E-state index contributed by atoms with van der Waals surface area (Å²) in [4.78, 5) is 34.1. The fourth-order valence-corrected chi connectivity index (χ4v) is 7.10. The Morgan fingerprint density at radius 1 is 0.769 bits per heavy atom. The van der Waals surface area contributed by atoms with E-state index in [1.807, 2.05) is 21.1 Å². The molecule has 3 heterocycles. The third-order valence-electron chi connectivity index (χ3n) is 8.49. The van der Waals surface area contributed by atoms with Gasteiger partial charge in [-0.05, 0) is 41.8 Å². The Morgan fingerprint density at radius 2 is 1.41 bits per heavy atom. The van der Waals surface area contributed by atoms with Crippen molar-refractivity contribution in [2.24, 2.45) is 0 Å². The molecule has 2 aliphatic heterocycles. The molecular formula is C33H49N3O2S. The van der Waals surface area contributed by atoms with Gasteiger partial charge in [-0.2, -0.15) is 0 Å². The van der Waals surface area contributed by atoms with E-state index >= 15 is 0 Å². The van der Waals surface area contributed by atoms with E-state index in [1.165, 1.54) is 60.9 Å². The van der Waals surface area contributed by atoms with Crippen LogP contribution in [0.5, 0.6) is 0 Å². The molecule has 214 valence electrons. The van der Waals surface area contributed by atoms with Crippen molar-refractivity contribution in [1.29, 1.82) is 0 Å². The fourth-order valence-electron chi connectivity index (χ4n) is 6.19. The summed E-state index contributed by atoms with van der Waals surface area (Å²) in [6.07, 6.45) is 14.6. The number of carbonyl (C=O) groups excluding carboxylic acids is 2. The molecule has 0 bridgehead atoms. The number of thiophene rings is 1. The van der Waals surface area contributed by atoms with Crippen LogP contribution >= 0.6 is 11.3 Å². The van der Waals surface area contributed by atoms with Crippen LogP contribution in [-0.2, 0) is 16.0 Å². The lowest BCUT2D eigenvalue weighted by atomic mass is 9.93. The van der Waals surface area contributed by atoms with E-state index in [4.69, 9.17) is 0 Å². The molecule has 1 aromatic carbocycles. The van der Waals surface area contributed by atoms with Gasteiger partial charge in [0.15, 0.2) is 0 Å². The molecule has 2 amide bonds. The van der Waals surface area contributed by atoms with Crippen LogP contribution in [-0.4, -0.2) is 65.8 Å². The molecule has 0 saturated carbocycles. The zero-order valence-corrected chi connectivity index (χ0v) is 24.9. The summed E-state index contributed by atoms with van der Waals surface area (Å²) in [5.74, 6) is 0.504. The second-order valence-corrected chi connectivity index (χ2v) is 12.3. The van der Waals surface area contributed by atoms with E-state index in [0.717, 1.165) is 51.9 Å². The summed E-state index contributed by atoms with van der Waals surface area (Å²) < 4.78 is 0. The molecule has 6 heteroatoms. The van der Waals surface area contributed by atoms with Gasteiger partial charge >= 0.3 is 0 Å². The number of amides is 2. The van der Waals surface area contributed by atoms with Crippen molar-refractivity contribution in [3.05, 3.63) is 57.8 Å². The molecular weight excluding hydrogens is 502 g/mol. The Labute approximate surface area is 240 Å². The zero-order valence-electron chi connectivity index (χ0n) is 24.1. The first kappa shape index (κ1) is 29.8. The Kier molecular flexibility index (Phi) is 12.4. The van der Waals surface area contributed by atoms with E-state index in [9.17, 15) is 9.59 Å². The number of fused-ring (bicyclic) bond motifs is 1. The number of nitrogens with zero attached hydrogens (tertiary/aromatic N) is 3. The summed E-state index contributed by atoms with van der Waals surface area (Å²) in [6.45, 7) is 6.90. The summed E-state index contributed by atoms with van der Waals surface area (Å²) in [7, 11) is 0. The van der Waals surface area contributed by atoms with Gasteiger partial charge in [-0.25, -0.2) is 0 Å². The molecule has 4 rings (SSSR count). The lowest BCUT2D eigenvalue weighted by Gasteiger charge is -2.36. The largest absolute Gasteiger partial charge is 0.341 e. The molecule has 1 saturated heterocycles. The van der Waals surface area contributed by atoms with Crippen molar-refractivity contribution in [3.8, 4) is 0 Å². The maximum Gasteiger partial charge on any atom is 0.223 e. The van der Waals surface area contributed by atoms with Gasteiger partial charge < -0.3 is 9.80 Å². The molecule has 0 aliphatic carbocycles. The van der Waals surface area contributed by atoms with Crippen LogP contribution in [0.2, 0.25) is 0 Å². The lowest BCUT2D eigenvalue weighted by Crippen LogP contribution is -2.40. The quantitative estimate of drug-likeness (QED) is 0.236. The third-order valence-corrected chi connectivity index (χ3v) is 9.49. The second-order valence-electron chi connectivity index (χ2n) is 11.3. The van der Waals surface area contributed by atoms with Crippen LogP contribution < -0.4 is 0 Å². The number of hydrogen-bond acceptors (Lipinski definition) is 4. The first-order chi connectivity index (χ1) is 19.2. The highest BCUT2D eigenvalue weighted by molar-refractivity contribution is 7.10. The number of unbranched alkanes of at least 4 members (excludes halogenated alkanes) is 8. The van der Waals surface area contributed by atoms with E-state index in [1.54, 1.807) is 0 Å². The van der Waals surface area contributed by atoms with Crippen LogP contribution in [0, 0.1) is 0 Å². The maximum absolute atomic E-state index is 13.3. The minimum atomic E-state index is 0.228. The molecule has 1 aromatic heterocycles. The summed E-state index contributed by atoms with van der Waals surface area (Å²) in [5, 5.41) is 2.20. The van der Waals surface area contributed by atoms with Gasteiger partial charge in [0.1, 0.15) is 0 Å². The minimum Gasteiger partial charge on any atom is -0.341 e. The van der Waals surface area contributed by atoms with Gasteiger partial charge in [0, 0.05) is 57.0 Å². The van der Waals surface area contributed by atoms with Crippen LogP contribution in [0.1, 0.15) is 106 Å². The van der Waals surface area contributed by atoms with Gasteiger partial charge in [0.05, 0.1) is 6.04 Å². The monoisotopic (exact) mass is 551 g/mol. The SMILES string of the molecule is CCCCCCCCCCCC(=O)N1CCCN(C(=O)CCN2CCc3sccc3C2c2ccccc2)CC1. The van der Waals surface area contributed by atoms with E-state index in [2.05, 4.69) is 53.6 Å². The first-order valence-electron chi connectivity index (χ1n) is 15.6. The van der Waals surface area contributed by atoms with Crippen LogP contribution in [0.3, 0.4) is 0 Å². The molecule has 2 aromatic rings. The molecule has 0 radical (unpaired) electrons. The van der Waals surface area contributed by atoms with E-state index in [0.29, 0.717) is 25.9 Å².